The number of amides is 1. The molecule has 0 aromatic heterocycles. The molecule has 4 atom stereocenters. The maximum atomic E-state index is 14.0. The number of benzene rings is 2. The van der Waals surface area contributed by atoms with Crippen LogP contribution < -0.4 is 0 Å². The van der Waals surface area contributed by atoms with Crippen molar-refractivity contribution in [1.82, 2.24) is 4.90 Å². The molecule has 1 saturated heterocycles. The standard InChI is InChI=1S/C26H31Cl2NO2/c1-4-14-26(6-3)16-23(19-8-7-9-21(28)15-19)24(18-10-12-20(27)13-11-18)29(25(26)31)22(5-2)17-30/h4,7-13,15,22-24,30H,1,5-6,14,16-17H2,2-3H3/t22-,23?,24?,26?/m0/s1. The summed E-state index contributed by atoms with van der Waals surface area (Å²) in [4.78, 5) is 16.0. The summed E-state index contributed by atoms with van der Waals surface area (Å²) in [5.41, 5.74) is 1.55. The highest BCUT2D eigenvalue weighted by Gasteiger charge is 2.52. The van der Waals surface area contributed by atoms with Crippen LogP contribution in [0.15, 0.2) is 61.2 Å². The molecule has 2 aromatic rings. The van der Waals surface area contributed by atoms with Gasteiger partial charge < -0.3 is 10.0 Å². The van der Waals surface area contributed by atoms with E-state index in [9.17, 15) is 9.90 Å². The van der Waals surface area contributed by atoms with Crippen LogP contribution in [0.25, 0.3) is 0 Å². The lowest BCUT2D eigenvalue weighted by Crippen LogP contribution is -2.57. The summed E-state index contributed by atoms with van der Waals surface area (Å²) < 4.78 is 0. The first-order valence-electron chi connectivity index (χ1n) is 11.0. The maximum absolute atomic E-state index is 14.0. The third-order valence-electron chi connectivity index (χ3n) is 6.76. The summed E-state index contributed by atoms with van der Waals surface area (Å²) in [5, 5.41) is 11.6. The van der Waals surface area contributed by atoms with Gasteiger partial charge in [-0.05, 0) is 61.1 Å². The Morgan fingerprint density at radius 2 is 1.87 bits per heavy atom. The minimum absolute atomic E-state index is 0.0260. The average molecular weight is 460 g/mol. The van der Waals surface area contributed by atoms with Crippen molar-refractivity contribution in [3.63, 3.8) is 0 Å². The maximum Gasteiger partial charge on any atom is 0.229 e. The number of rotatable bonds is 8. The smallest absolute Gasteiger partial charge is 0.229 e. The van der Waals surface area contributed by atoms with Crippen LogP contribution in [-0.4, -0.2) is 28.6 Å². The predicted octanol–water partition coefficient (Wildman–Crippen LogP) is 6.79. The van der Waals surface area contributed by atoms with E-state index in [-0.39, 0.29) is 30.5 Å². The first-order chi connectivity index (χ1) is 14.9. The molecule has 1 aliphatic rings. The molecule has 1 amide bonds. The first-order valence-corrected chi connectivity index (χ1v) is 11.7. The molecule has 0 bridgehead atoms. The fraction of sp³-hybridized carbons (Fsp3) is 0.423. The molecule has 1 aliphatic heterocycles. The number of halogens is 2. The van der Waals surface area contributed by atoms with Gasteiger partial charge in [0.05, 0.1) is 24.1 Å². The topological polar surface area (TPSA) is 40.5 Å². The van der Waals surface area contributed by atoms with E-state index in [1.165, 1.54) is 0 Å². The van der Waals surface area contributed by atoms with E-state index in [1.54, 1.807) is 0 Å². The van der Waals surface area contributed by atoms with Gasteiger partial charge in [0.1, 0.15) is 0 Å². The number of likely N-dealkylation sites (tertiary alicyclic amines) is 1. The van der Waals surface area contributed by atoms with Crippen LogP contribution >= 0.6 is 23.2 Å². The van der Waals surface area contributed by atoms with E-state index in [1.807, 2.05) is 60.4 Å². The molecule has 1 N–H and O–H groups in total. The zero-order chi connectivity index (χ0) is 22.6. The van der Waals surface area contributed by atoms with Crippen LogP contribution in [0.4, 0.5) is 0 Å². The van der Waals surface area contributed by atoms with Gasteiger partial charge in [-0.2, -0.15) is 0 Å². The Morgan fingerprint density at radius 1 is 1.16 bits per heavy atom. The average Bonchev–Trinajstić information content (AvgIpc) is 2.77. The van der Waals surface area contributed by atoms with E-state index in [0.717, 1.165) is 11.1 Å². The second-order valence-corrected chi connectivity index (χ2v) is 9.32. The van der Waals surface area contributed by atoms with Crippen LogP contribution in [0.5, 0.6) is 0 Å². The van der Waals surface area contributed by atoms with Gasteiger partial charge in [-0.3, -0.25) is 4.79 Å². The zero-order valence-corrected chi connectivity index (χ0v) is 19.7. The minimum atomic E-state index is -0.555. The SMILES string of the molecule is C=CCC1(CC)CC(c2cccc(Cl)c2)C(c2ccc(Cl)cc2)N([C@@H](CC)CO)C1=O. The molecule has 2 aromatic carbocycles. The van der Waals surface area contributed by atoms with Gasteiger partial charge in [-0.1, -0.05) is 67.4 Å². The largest absolute Gasteiger partial charge is 0.394 e. The van der Waals surface area contributed by atoms with Gasteiger partial charge in [0.15, 0.2) is 0 Å². The third-order valence-corrected chi connectivity index (χ3v) is 7.24. The van der Waals surface area contributed by atoms with E-state index < -0.39 is 5.41 Å². The number of aliphatic hydroxyl groups excluding tert-OH is 1. The highest BCUT2D eigenvalue weighted by molar-refractivity contribution is 6.30. The molecule has 0 spiro atoms. The summed E-state index contributed by atoms with van der Waals surface area (Å²) in [6.45, 7) is 7.93. The fourth-order valence-corrected chi connectivity index (χ4v) is 5.32. The molecule has 3 unspecified atom stereocenters. The van der Waals surface area contributed by atoms with Crippen molar-refractivity contribution in [2.45, 2.75) is 57.5 Å². The lowest BCUT2D eigenvalue weighted by molar-refractivity contribution is -0.157. The van der Waals surface area contributed by atoms with Gasteiger partial charge in [0, 0.05) is 16.0 Å². The van der Waals surface area contributed by atoms with E-state index in [2.05, 4.69) is 19.6 Å². The Balaban J connectivity index is 2.24. The lowest BCUT2D eigenvalue weighted by Gasteiger charge is -2.52. The summed E-state index contributed by atoms with van der Waals surface area (Å²) in [7, 11) is 0. The number of allylic oxidation sites excluding steroid dienone is 1. The Kier molecular flexibility index (Phi) is 7.85. The van der Waals surface area contributed by atoms with Gasteiger partial charge in [0.2, 0.25) is 5.91 Å². The van der Waals surface area contributed by atoms with E-state index >= 15 is 0 Å². The van der Waals surface area contributed by atoms with Gasteiger partial charge in [0.25, 0.3) is 0 Å². The normalized spacial score (nSPS) is 24.8. The van der Waals surface area contributed by atoms with Crippen LogP contribution in [0.1, 0.15) is 62.6 Å². The minimum Gasteiger partial charge on any atom is -0.394 e. The van der Waals surface area contributed by atoms with Crippen LogP contribution in [0.3, 0.4) is 0 Å². The van der Waals surface area contributed by atoms with Crippen molar-refractivity contribution in [3.05, 3.63) is 82.4 Å². The number of aliphatic hydroxyl groups is 1. The molecule has 0 saturated carbocycles. The molecule has 166 valence electrons. The quantitative estimate of drug-likeness (QED) is 0.441. The number of carbonyl (C=O) groups excluding carboxylic acids is 1. The summed E-state index contributed by atoms with van der Waals surface area (Å²) in [6.07, 6.45) is 4.52. The van der Waals surface area contributed by atoms with E-state index in [0.29, 0.717) is 35.7 Å². The second-order valence-electron chi connectivity index (χ2n) is 8.45. The third kappa shape index (κ3) is 4.69. The summed E-state index contributed by atoms with van der Waals surface area (Å²) in [5.74, 6) is 0.118. The van der Waals surface area contributed by atoms with Crippen molar-refractivity contribution in [1.29, 1.82) is 0 Å². The van der Waals surface area contributed by atoms with Crippen LogP contribution in [0, 0.1) is 5.41 Å². The van der Waals surface area contributed by atoms with Gasteiger partial charge in [-0.25, -0.2) is 0 Å². The van der Waals surface area contributed by atoms with Crippen LogP contribution in [0.2, 0.25) is 10.0 Å². The molecule has 1 heterocycles. The predicted molar refractivity (Wildman–Crippen MR) is 129 cm³/mol. The summed E-state index contributed by atoms with van der Waals surface area (Å²) in [6, 6.07) is 15.1. The Morgan fingerprint density at radius 3 is 2.42 bits per heavy atom. The summed E-state index contributed by atoms with van der Waals surface area (Å²) >= 11 is 12.5. The monoisotopic (exact) mass is 459 g/mol. The Hall–Kier alpha value is -1.81. The Labute approximate surface area is 195 Å². The van der Waals surface area contributed by atoms with Crippen molar-refractivity contribution < 1.29 is 9.90 Å². The fourth-order valence-electron chi connectivity index (χ4n) is 5.00. The number of carbonyl (C=O) groups is 1. The molecule has 3 rings (SSSR count). The van der Waals surface area contributed by atoms with Gasteiger partial charge in [-0.15, -0.1) is 6.58 Å². The zero-order valence-electron chi connectivity index (χ0n) is 18.2. The molecule has 0 aliphatic carbocycles. The van der Waals surface area contributed by atoms with Crippen molar-refractivity contribution in [2.75, 3.05) is 6.61 Å². The number of hydrogen-bond donors (Lipinski definition) is 1. The first kappa shape index (κ1) is 23.8. The number of nitrogens with zero attached hydrogens (tertiary/aromatic N) is 1. The van der Waals surface area contributed by atoms with Gasteiger partial charge >= 0.3 is 0 Å². The highest BCUT2D eigenvalue weighted by atomic mass is 35.5. The number of hydrogen-bond acceptors (Lipinski definition) is 2. The van der Waals surface area contributed by atoms with E-state index in [4.69, 9.17) is 23.2 Å². The molecule has 31 heavy (non-hydrogen) atoms. The molecule has 0 radical (unpaired) electrons. The molecular formula is C26H31Cl2NO2. The molecule has 3 nitrogen and oxygen atoms in total. The molecule has 1 fully saturated rings. The molecule has 5 heteroatoms. The van der Waals surface area contributed by atoms with Crippen molar-refractivity contribution in [2.24, 2.45) is 5.41 Å². The second kappa shape index (κ2) is 10.2. The van der Waals surface area contributed by atoms with Crippen molar-refractivity contribution in [3.8, 4) is 0 Å². The highest BCUT2D eigenvalue weighted by Crippen LogP contribution is 2.53. The molecular weight excluding hydrogens is 429 g/mol. The lowest BCUT2D eigenvalue weighted by atomic mass is 9.65. The number of piperidine rings is 1. The van der Waals surface area contributed by atoms with Crippen molar-refractivity contribution >= 4 is 29.1 Å². The van der Waals surface area contributed by atoms with Crippen LogP contribution in [-0.2, 0) is 4.79 Å². The Bertz CT molecular complexity index is 910.